The summed E-state index contributed by atoms with van der Waals surface area (Å²) in [4.78, 5) is 17.3. The van der Waals surface area contributed by atoms with Gasteiger partial charge in [-0.2, -0.15) is 5.10 Å². The van der Waals surface area contributed by atoms with Crippen molar-refractivity contribution >= 4 is 44.8 Å². The van der Waals surface area contributed by atoms with Gasteiger partial charge in [0.1, 0.15) is 5.69 Å². The maximum Gasteiger partial charge on any atom is 0.294 e. The number of fused-ring (bicyclic) bond motifs is 1. The first-order valence-electron chi connectivity index (χ1n) is 7.90. The normalized spacial score (nSPS) is 11.2. The van der Waals surface area contributed by atoms with E-state index in [0.717, 1.165) is 26.5 Å². The second-order valence-electron chi connectivity index (χ2n) is 5.86. The molecule has 4 rings (SSSR count). The molecule has 0 unspecified atom stereocenters. The highest BCUT2D eigenvalue weighted by molar-refractivity contribution is 7.19. The van der Waals surface area contributed by atoms with E-state index in [1.807, 2.05) is 49.4 Å². The van der Waals surface area contributed by atoms with Crippen LogP contribution in [0.3, 0.4) is 0 Å². The van der Waals surface area contributed by atoms with Crippen LogP contribution in [0.15, 0.2) is 53.3 Å². The molecule has 0 radical (unpaired) electrons. The Morgan fingerprint density at radius 3 is 2.58 bits per heavy atom. The fourth-order valence-electron chi connectivity index (χ4n) is 2.78. The number of benzene rings is 2. The first kappa shape index (κ1) is 17.2. The van der Waals surface area contributed by atoms with E-state index in [2.05, 4.69) is 10.1 Å². The van der Waals surface area contributed by atoms with E-state index >= 15 is 0 Å². The third kappa shape index (κ3) is 3.26. The highest BCUT2D eigenvalue weighted by atomic mass is 35.5. The largest absolute Gasteiger partial charge is 0.294 e. The van der Waals surface area contributed by atoms with Crippen molar-refractivity contribution in [1.82, 2.24) is 14.8 Å². The maximum absolute atomic E-state index is 12.9. The summed E-state index contributed by atoms with van der Waals surface area (Å²) >= 11 is 13.5. The van der Waals surface area contributed by atoms with Crippen LogP contribution >= 0.6 is 34.5 Å². The fourth-order valence-corrected chi connectivity index (χ4v) is 4.03. The summed E-state index contributed by atoms with van der Waals surface area (Å²) in [6.07, 6.45) is 0. The van der Waals surface area contributed by atoms with Crippen molar-refractivity contribution in [3.05, 3.63) is 79.5 Å². The summed E-state index contributed by atoms with van der Waals surface area (Å²) in [7, 11) is 0. The molecule has 2 heterocycles. The summed E-state index contributed by atoms with van der Waals surface area (Å²) in [5.74, 6) is 0. The number of hydrogen-bond acceptors (Lipinski definition) is 4. The van der Waals surface area contributed by atoms with Gasteiger partial charge in [-0.15, -0.1) is 11.3 Å². The third-order valence-electron chi connectivity index (χ3n) is 3.95. The van der Waals surface area contributed by atoms with Gasteiger partial charge in [-0.3, -0.25) is 4.79 Å². The molecule has 7 heteroatoms. The smallest absolute Gasteiger partial charge is 0.265 e. The Balaban J connectivity index is 1.92. The number of nitrogens with zero attached hydrogens (tertiary/aromatic N) is 3. The van der Waals surface area contributed by atoms with Crippen LogP contribution < -0.4 is 5.56 Å². The van der Waals surface area contributed by atoms with E-state index in [-0.39, 0.29) is 5.56 Å². The molecule has 4 aromatic rings. The van der Waals surface area contributed by atoms with Crippen LogP contribution in [-0.2, 0) is 6.54 Å². The topological polar surface area (TPSA) is 47.8 Å². The molecule has 0 amide bonds. The average Bonchev–Trinajstić information content (AvgIpc) is 3.00. The number of halogens is 2. The van der Waals surface area contributed by atoms with Crippen molar-refractivity contribution in [3.8, 4) is 11.3 Å². The summed E-state index contributed by atoms with van der Waals surface area (Å²) in [6.45, 7) is 2.21. The van der Waals surface area contributed by atoms with Crippen LogP contribution in [0.2, 0.25) is 10.0 Å². The zero-order valence-corrected chi connectivity index (χ0v) is 16.1. The molecule has 0 saturated carbocycles. The lowest BCUT2D eigenvalue weighted by molar-refractivity contribution is 0.650. The van der Waals surface area contributed by atoms with Gasteiger partial charge in [-0.25, -0.2) is 9.67 Å². The van der Waals surface area contributed by atoms with Crippen molar-refractivity contribution < 1.29 is 0 Å². The van der Waals surface area contributed by atoms with Crippen molar-refractivity contribution in [2.75, 3.05) is 0 Å². The Labute approximate surface area is 163 Å². The van der Waals surface area contributed by atoms with Gasteiger partial charge in [-0.05, 0) is 36.8 Å². The number of rotatable bonds is 3. The zero-order chi connectivity index (χ0) is 18.3. The van der Waals surface area contributed by atoms with Crippen molar-refractivity contribution in [1.29, 1.82) is 0 Å². The molecule has 0 aliphatic heterocycles. The molecule has 0 bridgehead atoms. The van der Waals surface area contributed by atoms with Crippen molar-refractivity contribution in [2.24, 2.45) is 0 Å². The quantitative estimate of drug-likeness (QED) is 0.474. The third-order valence-corrected chi connectivity index (χ3v) is 5.41. The van der Waals surface area contributed by atoms with Crippen LogP contribution in [0.25, 0.3) is 21.5 Å². The molecule has 0 aliphatic carbocycles. The predicted octanol–water partition coefficient (Wildman–Crippen LogP) is 5.18. The minimum Gasteiger partial charge on any atom is -0.265 e. The molecule has 26 heavy (non-hydrogen) atoms. The fraction of sp³-hybridized carbons (Fsp3) is 0.105. The van der Waals surface area contributed by atoms with E-state index in [9.17, 15) is 4.79 Å². The van der Waals surface area contributed by atoms with Crippen LogP contribution in [0, 0.1) is 6.92 Å². The van der Waals surface area contributed by atoms with Gasteiger partial charge in [0.25, 0.3) is 5.56 Å². The minimum absolute atomic E-state index is 0.206. The molecule has 130 valence electrons. The molecular weight excluding hydrogens is 389 g/mol. The lowest BCUT2D eigenvalue weighted by atomic mass is 10.1. The molecular formula is C19H13Cl2N3OS. The van der Waals surface area contributed by atoms with E-state index < -0.39 is 0 Å². The molecule has 0 fully saturated rings. The molecule has 0 saturated heterocycles. The van der Waals surface area contributed by atoms with Gasteiger partial charge in [-0.1, -0.05) is 47.5 Å². The summed E-state index contributed by atoms with van der Waals surface area (Å²) < 4.78 is 2.23. The molecule has 0 N–H and O–H groups in total. The Bertz CT molecular complexity index is 1170. The summed E-state index contributed by atoms with van der Waals surface area (Å²) in [6, 6.07) is 14.8. The Morgan fingerprint density at radius 2 is 1.85 bits per heavy atom. The Morgan fingerprint density at radius 1 is 1.08 bits per heavy atom. The minimum atomic E-state index is -0.206. The molecule has 4 nitrogen and oxygen atoms in total. The van der Waals surface area contributed by atoms with Crippen LogP contribution in [0.5, 0.6) is 0 Å². The second kappa shape index (κ2) is 6.83. The maximum atomic E-state index is 12.9. The molecule has 0 atom stereocenters. The first-order valence-corrected chi connectivity index (χ1v) is 9.47. The first-order chi connectivity index (χ1) is 12.5. The second-order valence-corrected chi connectivity index (χ2v) is 7.93. The van der Waals surface area contributed by atoms with Gasteiger partial charge < -0.3 is 0 Å². The number of aryl methyl sites for hydroxylation is 1. The number of thiazole rings is 1. The molecule has 2 aromatic carbocycles. The summed E-state index contributed by atoms with van der Waals surface area (Å²) in [5, 5.41) is 6.73. The standard InChI is InChI=1S/C19H13Cl2N3OS/c1-11-22-17-18(26-11)16(13-5-7-14(20)8-6-13)23-24(19(17)25)10-12-3-2-4-15(21)9-12/h2-9H,10H2,1H3. The highest BCUT2D eigenvalue weighted by Crippen LogP contribution is 2.30. The van der Waals surface area contributed by atoms with E-state index in [0.29, 0.717) is 22.1 Å². The highest BCUT2D eigenvalue weighted by Gasteiger charge is 2.16. The van der Waals surface area contributed by atoms with E-state index in [4.69, 9.17) is 23.2 Å². The lowest BCUT2D eigenvalue weighted by Gasteiger charge is -2.09. The Kier molecular flexibility index (Phi) is 4.53. The van der Waals surface area contributed by atoms with Crippen LogP contribution in [0.4, 0.5) is 0 Å². The molecule has 0 aliphatic rings. The van der Waals surface area contributed by atoms with Gasteiger partial charge in [0, 0.05) is 15.6 Å². The van der Waals surface area contributed by atoms with Crippen molar-refractivity contribution in [2.45, 2.75) is 13.5 Å². The SMILES string of the molecule is Cc1nc2c(=O)n(Cc3cccc(Cl)c3)nc(-c3ccc(Cl)cc3)c2s1. The zero-order valence-electron chi connectivity index (χ0n) is 13.7. The number of aromatic nitrogens is 3. The van der Waals surface area contributed by atoms with Gasteiger partial charge in [0.2, 0.25) is 0 Å². The van der Waals surface area contributed by atoms with Crippen LogP contribution in [0.1, 0.15) is 10.6 Å². The Hall–Kier alpha value is -2.21. The van der Waals surface area contributed by atoms with E-state index in [1.165, 1.54) is 16.0 Å². The monoisotopic (exact) mass is 401 g/mol. The lowest BCUT2D eigenvalue weighted by Crippen LogP contribution is -2.24. The predicted molar refractivity (Wildman–Crippen MR) is 107 cm³/mol. The van der Waals surface area contributed by atoms with Gasteiger partial charge in [0.05, 0.1) is 16.3 Å². The van der Waals surface area contributed by atoms with E-state index in [1.54, 1.807) is 6.07 Å². The van der Waals surface area contributed by atoms with Crippen LogP contribution in [-0.4, -0.2) is 14.8 Å². The molecule has 0 spiro atoms. The number of hydrogen-bond donors (Lipinski definition) is 0. The van der Waals surface area contributed by atoms with Gasteiger partial charge in [0.15, 0.2) is 5.52 Å². The summed E-state index contributed by atoms with van der Waals surface area (Å²) in [5.41, 5.74) is 2.75. The van der Waals surface area contributed by atoms with Gasteiger partial charge >= 0.3 is 0 Å². The van der Waals surface area contributed by atoms with Crippen molar-refractivity contribution in [3.63, 3.8) is 0 Å². The molecule has 2 aromatic heterocycles. The average molecular weight is 402 g/mol.